The molecule has 1 saturated carbocycles. The van der Waals surface area contributed by atoms with Gasteiger partial charge in [0.05, 0.1) is 5.60 Å². The highest BCUT2D eigenvalue weighted by molar-refractivity contribution is 5.38. The molecular formula is C18H28O. The lowest BCUT2D eigenvalue weighted by atomic mass is 9.63. The van der Waals surface area contributed by atoms with Gasteiger partial charge in [0.25, 0.3) is 0 Å². The zero-order valence-corrected chi connectivity index (χ0v) is 13.1. The molecule has 0 saturated heterocycles. The largest absolute Gasteiger partial charge is 0.389 e. The van der Waals surface area contributed by atoms with E-state index in [2.05, 4.69) is 46.8 Å². The van der Waals surface area contributed by atoms with Crippen molar-refractivity contribution in [1.29, 1.82) is 0 Å². The van der Waals surface area contributed by atoms with Crippen molar-refractivity contribution in [2.45, 2.75) is 72.3 Å². The third-order valence-electron chi connectivity index (χ3n) is 5.21. The van der Waals surface area contributed by atoms with Crippen LogP contribution in [0.1, 0.15) is 61.8 Å². The molecule has 1 fully saturated rings. The molecule has 1 nitrogen and oxygen atoms in total. The second-order valence-corrected chi connectivity index (χ2v) is 7.18. The maximum Gasteiger partial charge on any atom is 0.0738 e. The molecule has 0 heterocycles. The predicted octanol–water partition coefficient (Wildman–Crippen LogP) is 4.49. The van der Waals surface area contributed by atoms with E-state index in [4.69, 9.17) is 0 Å². The van der Waals surface area contributed by atoms with Gasteiger partial charge < -0.3 is 5.11 Å². The number of rotatable bonds is 2. The number of hydrogen-bond acceptors (Lipinski definition) is 1. The Hall–Kier alpha value is -0.820. The fraction of sp³-hybridized carbons (Fsp3) is 0.667. The van der Waals surface area contributed by atoms with Crippen LogP contribution in [0, 0.1) is 26.2 Å². The summed E-state index contributed by atoms with van der Waals surface area (Å²) in [6, 6.07) is 4.48. The van der Waals surface area contributed by atoms with Gasteiger partial charge in [0.15, 0.2) is 0 Å². The van der Waals surface area contributed by atoms with Crippen LogP contribution < -0.4 is 0 Å². The van der Waals surface area contributed by atoms with Gasteiger partial charge in [0.2, 0.25) is 0 Å². The fourth-order valence-electron chi connectivity index (χ4n) is 3.66. The zero-order valence-electron chi connectivity index (χ0n) is 13.1. The van der Waals surface area contributed by atoms with E-state index < -0.39 is 5.60 Å². The molecule has 1 aromatic rings. The SMILES string of the molecule is Cc1cc(C)c(CC2(O)CCCCC2(C)C)c(C)c1. The summed E-state index contributed by atoms with van der Waals surface area (Å²) in [6.07, 6.45) is 5.28. The molecule has 1 aliphatic carbocycles. The van der Waals surface area contributed by atoms with Crippen LogP contribution in [0.15, 0.2) is 12.1 Å². The van der Waals surface area contributed by atoms with Crippen molar-refractivity contribution in [3.63, 3.8) is 0 Å². The molecule has 0 amide bonds. The standard InChI is InChI=1S/C18H28O/c1-13-10-14(2)16(15(3)11-13)12-18(19)9-7-6-8-17(18,4)5/h10-11,19H,6-9,12H2,1-5H3. The Morgan fingerprint density at radius 2 is 1.53 bits per heavy atom. The summed E-state index contributed by atoms with van der Waals surface area (Å²) < 4.78 is 0. The summed E-state index contributed by atoms with van der Waals surface area (Å²) in [6.45, 7) is 10.9. The Morgan fingerprint density at radius 3 is 2.05 bits per heavy atom. The van der Waals surface area contributed by atoms with Gasteiger partial charge in [0.1, 0.15) is 0 Å². The summed E-state index contributed by atoms with van der Waals surface area (Å²) in [7, 11) is 0. The molecule has 106 valence electrons. The molecule has 1 atom stereocenters. The van der Waals surface area contributed by atoms with Gasteiger partial charge in [-0.3, -0.25) is 0 Å². The van der Waals surface area contributed by atoms with Gasteiger partial charge in [-0.15, -0.1) is 0 Å². The smallest absolute Gasteiger partial charge is 0.0738 e. The van der Waals surface area contributed by atoms with Gasteiger partial charge in [-0.1, -0.05) is 44.4 Å². The summed E-state index contributed by atoms with van der Waals surface area (Å²) in [5.74, 6) is 0. The minimum atomic E-state index is -0.546. The molecule has 19 heavy (non-hydrogen) atoms. The van der Waals surface area contributed by atoms with E-state index in [1.807, 2.05) is 0 Å². The highest BCUT2D eigenvalue weighted by atomic mass is 16.3. The first-order valence-corrected chi connectivity index (χ1v) is 7.54. The van der Waals surface area contributed by atoms with Crippen LogP contribution in [0.2, 0.25) is 0 Å². The normalized spacial score (nSPS) is 26.4. The van der Waals surface area contributed by atoms with E-state index in [0.29, 0.717) is 0 Å². The van der Waals surface area contributed by atoms with Crippen LogP contribution in [0.4, 0.5) is 0 Å². The Balaban J connectivity index is 2.35. The third kappa shape index (κ3) is 2.72. The lowest BCUT2D eigenvalue weighted by molar-refractivity contribution is -0.0960. The van der Waals surface area contributed by atoms with Crippen LogP contribution in [-0.4, -0.2) is 10.7 Å². The molecule has 0 bridgehead atoms. The molecule has 1 heteroatoms. The summed E-state index contributed by atoms with van der Waals surface area (Å²) in [5, 5.41) is 11.2. The fourth-order valence-corrected chi connectivity index (χ4v) is 3.66. The number of aryl methyl sites for hydroxylation is 3. The van der Waals surface area contributed by atoms with E-state index >= 15 is 0 Å². The highest BCUT2D eigenvalue weighted by Crippen LogP contribution is 2.46. The number of benzene rings is 1. The Bertz CT molecular complexity index is 450. The van der Waals surface area contributed by atoms with Crippen molar-refractivity contribution in [2.24, 2.45) is 5.41 Å². The molecule has 0 radical (unpaired) electrons. The van der Waals surface area contributed by atoms with E-state index in [0.717, 1.165) is 25.7 Å². The lowest BCUT2D eigenvalue weighted by Gasteiger charge is -2.47. The van der Waals surface area contributed by atoms with Crippen molar-refractivity contribution in [3.05, 3.63) is 34.4 Å². The molecule has 0 spiro atoms. The Kier molecular flexibility index (Phi) is 3.79. The second kappa shape index (κ2) is 4.94. The first-order chi connectivity index (χ1) is 8.75. The van der Waals surface area contributed by atoms with Crippen molar-refractivity contribution in [1.82, 2.24) is 0 Å². The van der Waals surface area contributed by atoms with Crippen LogP contribution in [0.5, 0.6) is 0 Å². The maximum absolute atomic E-state index is 11.2. The number of hydrogen-bond donors (Lipinski definition) is 1. The monoisotopic (exact) mass is 260 g/mol. The van der Waals surface area contributed by atoms with E-state index in [-0.39, 0.29) is 5.41 Å². The van der Waals surface area contributed by atoms with Gasteiger partial charge in [-0.25, -0.2) is 0 Å². The van der Waals surface area contributed by atoms with Gasteiger partial charge in [-0.05, 0) is 55.7 Å². The van der Waals surface area contributed by atoms with Gasteiger partial charge in [-0.2, -0.15) is 0 Å². The van der Waals surface area contributed by atoms with E-state index in [1.165, 1.54) is 28.7 Å². The topological polar surface area (TPSA) is 20.2 Å². The quantitative estimate of drug-likeness (QED) is 0.831. The molecule has 0 aromatic heterocycles. The van der Waals surface area contributed by atoms with Crippen LogP contribution >= 0.6 is 0 Å². The predicted molar refractivity (Wildman–Crippen MR) is 81.6 cm³/mol. The minimum Gasteiger partial charge on any atom is -0.389 e. The number of aliphatic hydroxyl groups is 1. The highest BCUT2D eigenvalue weighted by Gasteiger charge is 2.45. The first-order valence-electron chi connectivity index (χ1n) is 7.54. The third-order valence-corrected chi connectivity index (χ3v) is 5.21. The lowest BCUT2D eigenvalue weighted by Crippen LogP contribution is -2.49. The maximum atomic E-state index is 11.2. The molecule has 1 aromatic carbocycles. The van der Waals surface area contributed by atoms with Crippen molar-refractivity contribution in [2.75, 3.05) is 0 Å². The molecule has 2 rings (SSSR count). The summed E-state index contributed by atoms with van der Waals surface area (Å²) in [4.78, 5) is 0. The minimum absolute atomic E-state index is 0.0228. The molecule has 1 aliphatic rings. The van der Waals surface area contributed by atoms with E-state index in [1.54, 1.807) is 0 Å². The zero-order chi connectivity index (χ0) is 14.3. The van der Waals surface area contributed by atoms with Crippen LogP contribution in [0.3, 0.4) is 0 Å². The van der Waals surface area contributed by atoms with Crippen molar-refractivity contribution < 1.29 is 5.11 Å². The van der Waals surface area contributed by atoms with Crippen molar-refractivity contribution >= 4 is 0 Å². The Labute approximate surface area is 118 Å². The summed E-state index contributed by atoms with van der Waals surface area (Å²) >= 11 is 0. The first kappa shape index (κ1) is 14.6. The Morgan fingerprint density at radius 1 is 1.00 bits per heavy atom. The molecule has 1 N–H and O–H groups in total. The molecule has 1 unspecified atom stereocenters. The van der Waals surface area contributed by atoms with Crippen LogP contribution in [-0.2, 0) is 6.42 Å². The van der Waals surface area contributed by atoms with Crippen LogP contribution in [0.25, 0.3) is 0 Å². The average molecular weight is 260 g/mol. The average Bonchev–Trinajstić information content (AvgIpc) is 2.28. The summed E-state index contributed by atoms with van der Waals surface area (Å²) in [5.41, 5.74) is 4.79. The van der Waals surface area contributed by atoms with Crippen molar-refractivity contribution in [3.8, 4) is 0 Å². The van der Waals surface area contributed by atoms with Gasteiger partial charge >= 0.3 is 0 Å². The van der Waals surface area contributed by atoms with E-state index in [9.17, 15) is 5.11 Å². The molecular weight excluding hydrogens is 232 g/mol. The molecule has 0 aliphatic heterocycles. The second-order valence-electron chi connectivity index (χ2n) is 7.18. The van der Waals surface area contributed by atoms with Gasteiger partial charge in [0, 0.05) is 6.42 Å².